The second-order valence-corrected chi connectivity index (χ2v) is 47.5. The Hall–Kier alpha value is -11.1. The van der Waals surface area contributed by atoms with E-state index in [1.165, 1.54) is 44.5 Å². The number of piperidine rings is 1. The Kier molecular flexibility index (Phi) is 35.6. The Morgan fingerprint density at radius 1 is 0.419 bits per heavy atom. The zero-order valence-corrected chi connectivity index (χ0v) is 84.7. The normalized spacial score (nSPS) is 14.7. The minimum absolute atomic E-state index is 0.170. The molecule has 136 heavy (non-hydrogen) atoms. The third-order valence-electron chi connectivity index (χ3n) is 22.6. The lowest BCUT2D eigenvalue weighted by atomic mass is 10.0. The first-order valence-electron chi connectivity index (χ1n) is 44.1. The van der Waals surface area contributed by atoms with Crippen LogP contribution in [0.4, 0.5) is 92.4 Å². The first kappa shape index (κ1) is 102. The van der Waals surface area contributed by atoms with E-state index in [-0.39, 0.29) is 26.8 Å². The van der Waals surface area contributed by atoms with Crippen molar-refractivity contribution < 1.29 is 55.3 Å². The first-order valence-corrected chi connectivity index (χ1v) is 55.0. The number of ether oxygens (including phenoxy) is 7. The number of rotatable bonds is 30. The van der Waals surface area contributed by atoms with Gasteiger partial charge < -0.3 is 98.8 Å². The van der Waals surface area contributed by atoms with Gasteiger partial charge in [-0.25, -0.2) is 28.4 Å². The molecular weight excluding hydrogens is 1890 g/mol. The van der Waals surface area contributed by atoms with Crippen LogP contribution in [0.1, 0.15) is 32.3 Å². The van der Waals surface area contributed by atoms with Crippen molar-refractivity contribution in [1.29, 1.82) is 0 Å². The quantitative estimate of drug-likeness (QED) is 0.0206. The maximum absolute atomic E-state index is 12.7. The molecule has 720 valence electrons. The number of piperazine rings is 1. The lowest BCUT2D eigenvalue weighted by Crippen LogP contribution is -2.52. The molecule has 4 saturated heterocycles. The summed E-state index contributed by atoms with van der Waals surface area (Å²) in [5, 5.41) is 25.1. The molecule has 0 unspecified atom stereocenters. The van der Waals surface area contributed by atoms with Crippen LogP contribution in [0, 0.1) is 0 Å². The van der Waals surface area contributed by atoms with Crippen LogP contribution in [0.2, 0.25) is 20.1 Å². The van der Waals surface area contributed by atoms with Gasteiger partial charge in [-0.3, -0.25) is 9.80 Å². The van der Waals surface area contributed by atoms with Gasteiger partial charge in [0.05, 0.1) is 118 Å². The molecule has 0 bridgehead atoms. The van der Waals surface area contributed by atoms with Crippen molar-refractivity contribution in [1.82, 2.24) is 54.6 Å². The molecule has 4 fully saturated rings. The minimum atomic E-state index is -3.46. The van der Waals surface area contributed by atoms with Crippen LogP contribution >= 0.6 is 67.8 Å². The molecule has 0 atom stereocenters. The van der Waals surface area contributed by atoms with Crippen molar-refractivity contribution in [3.8, 4) is 34.6 Å². The molecule has 8 aromatic carbocycles. The molecule has 0 radical (unpaired) electrons. The molecule has 16 rings (SSSR count). The number of benzene rings is 8. The molecule has 8 heterocycles. The Labute approximate surface area is 815 Å². The second-order valence-electron chi connectivity index (χ2n) is 33.8. The number of nitrogens with one attached hydrogen (secondary N) is 7. The highest BCUT2D eigenvalue weighted by atomic mass is 35.5. The summed E-state index contributed by atoms with van der Waals surface area (Å²) in [5.74, 6) is 5.68. The van der Waals surface area contributed by atoms with Crippen LogP contribution in [-0.2, 0) is 39.6 Å². The molecule has 7 N–H and O–H groups in total. The summed E-state index contributed by atoms with van der Waals surface area (Å²) in [5.41, 5.74) is 8.16. The van der Waals surface area contributed by atoms with E-state index in [2.05, 4.69) is 127 Å². The number of aromatic nitrogens is 8. The third-order valence-corrected chi connectivity index (χ3v) is 30.5. The largest absolute Gasteiger partial charge is 0.495 e. The highest BCUT2D eigenvalue weighted by molar-refractivity contribution is 7.92. The molecular formula is C96H115Cl4N20O12P3S. The van der Waals surface area contributed by atoms with Gasteiger partial charge in [-0.05, 0) is 182 Å². The summed E-state index contributed by atoms with van der Waals surface area (Å²) in [7, 11) is -2.13. The zero-order chi connectivity index (χ0) is 96.9. The van der Waals surface area contributed by atoms with Crippen molar-refractivity contribution >= 4 is 186 Å². The number of nitrogens with zero attached hydrogens (tertiary/aromatic N) is 13. The van der Waals surface area contributed by atoms with Crippen LogP contribution < -0.4 is 86.6 Å². The van der Waals surface area contributed by atoms with Gasteiger partial charge in [-0.2, -0.15) is 19.9 Å². The number of likely N-dealkylation sites (N-methyl/N-ethyl adjacent to an activating group) is 1. The van der Waals surface area contributed by atoms with Crippen molar-refractivity contribution in [3.05, 3.63) is 226 Å². The third kappa shape index (κ3) is 28.1. The first-order chi connectivity index (χ1) is 65.2. The molecule has 0 saturated carbocycles. The molecule has 4 aliphatic rings. The molecule has 0 spiro atoms. The number of hydrogen-bond acceptors (Lipinski definition) is 32. The number of methoxy groups -OCH3 is 4. The zero-order valence-electron chi connectivity index (χ0n) is 78.2. The average molecular weight is 2010 g/mol. The molecule has 32 nitrogen and oxygen atoms in total. The van der Waals surface area contributed by atoms with Crippen LogP contribution in [0.25, 0.3) is 0 Å². The van der Waals surface area contributed by atoms with Crippen molar-refractivity contribution in [2.24, 2.45) is 0 Å². The van der Waals surface area contributed by atoms with Gasteiger partial charge in [0.2, 0.25) is 29.7 Å². The molecule has 4 aromatic heterocycles. The molecule has 12 aromatic rings. The van der Waals surface area contributed by atoms with Crippen molar-refractivity contribution in [2.75, 3.05) is 214 Å². The van der Waals surface area contributed by atoms with E-state index in [0.717, 1.165) is 128 Å². The van der Waals surface area contributed by atoms with E-state index in [9.17, 15) is 22.1 Å². The summed E-state index contributed by atoms with van der Waals surface area (Å²) in [6.07, 6.45) is 8.35. The van der Waals surface area contributed by atoms with Gasteiger partial charge in [-0.15, -0.1) is 0 Å². The molecule has 0 aliphatic carbocycles. The fourth-order valence-corrected chi connectivity index (χ4v) is 19.7. The number of halogens is 4. The van der Waals surface area contributed by atoms with Gasteiger partial charge in [0, 0.05) is 129 Å². The topological polar surface area (TPSA) is 353 Å². The monoisotopic (exact) mass is 2000 g/mol. The SMILES string of the molecule is CC(C)S(=O)(=O)c1ccccc1Nc1nc(Nc2ccccc2)ncc1Cl.COc1cc(CN2CCOCC2)ccc1Nc1ncc(Cl)c(Nc2ccccc2P(C)(C)=O)n1.COc1cc(N2CCC(N3CCN(C)CC3)CC2)ccc1Nc1ncc(Cl)c(Nc2cccc(P(C)(C)=O)c2)n1.COc1cc(P(C)(C)=O)ccc1Nc1ncc(Cl)c(Oc2ccc(N3CCOCC3)cc2OC)n1. The molecule has 0 amide bonds. The van der Waals surface area contributed by atoms with Gasteiger partial charge in [0.1, 0.15) is 58.8 Å². The molecule has 40 heteroatoms. The maximum atomic E-state index is 12.7. The Bertz CT molecular complexity index is 6370. The van der Waals surface area contributed by atoms with Crippen LogP contribution in [0.3, 0.4) is 0 Å². The number of sulfone groups is 1. The predicted molar refractivity (Wildman–Crippen MR) is 552 cm³/mol. The lowest BCUT2D eigenvalue weighted by Gasteiger charge is -2.42. The van der Waals surface area contributed by atoms with E-state index in [1.54, 1.807) is 131 Å². The van der Waals surface area contributed by atoms with E-state index in [0.29, 0.717) is 110 Å². The maximum Gasteiger partial charge on any atom is 0.243 e. The van der Waals surface area contributed by atoms with Crippen molar-refractivity contribution in [2.45, 2.75) is 49.4 Å². The van der Waals surface area contributed by atoms with Gasteiger partial charge in [0.25, 0.3) is 0 Å². The fourth-order valence-electron chi connectivity index (χ4n) is 15.1. The Morgan fingerprint density at radius 3 is 1.46 bits per heavy atom. The number of anilines is 16. The standard InChI is InChI=1S/C29H39ClN7O2P.C24H29ClN5O3P.C24H28ClN4O5P.C19H19ClN4O2S/c1-35-14-16-37(17-15-35)22-10-12-36(13-11-22)23-8-9-26(27(19-23)39-2)33-29-31-20-25(30)28(34-29)32-21-6-5-7-24(18-21)40(3,4)38;1-32-21-14-17(16-30-10-12-33-13-11-30)8-9-19(21)28-24-26-15-18(25)23(29-24)27-20-6-4-5-7-22(20)34(2,3)31;1-31-21-14-17(35(3,4)30)6-7-19(21)27-24-26-15-18(25)23(28-24)34-20-8-5-16(13-22(20)32-2)29-9-11-33-12-10-29;1-13(2)27(25,26)17-11-7-6-10-16(17)23-18-15(20)12-21-19(24-18)22-14-8-4-3-5-9-14/h5-9,18-20,22H,10-17H2,1-4H3,(H2,31,32,33,34);4-9,14-15H,10-13,16H2,1-3H3,(H2,26,27,28,29);5-8,13-15H,9-12H2,1-4H3,(H,26,27,28);3-13H,1-2H3,(H2,21,22,23,24). The number of morpholine rings is 2. The fraction of sp³-hybridized carbons (Fsp3) is 0.333. The predicted octanol–water partition coefficient (Wildman–Crippen LogP) is 19.4. The number of para-hydroxylation sites is 3. The van der Waals surface area contributed by atoms with Crippen LogP contribution in [0.5, 0.6) is 34.6 Å². The average Bonchev–Trinajstić information content (AvgIpc) is 0.803. The summed E-state index contributed by atoms with van der Waals surface area (Å²) >= 11 is 25.3. The van der Waals surface area contributed by atoms with E-state index in [4.69, 9.17) is 79.6 Å². The summed E-state index contributed by atoms with van der Waals surface area (Å²) in [6, 6.07) is 55.0. The van der Waals surface area contributed by atoms with E-state index < -0.39 is 36.5 Å². The van der Waals surface area contributed by atoms with E-state index >= 15 is 0 Å². The Balaban J connectivity index is 0.000000155. The highest BCUT2D eigenvalue weighted by Crippen LogP contribution is 2.44. The van der Waals surface area contributed by atoms with Crippen molar-refractivity contribution in [3.63, 3.8) is 0 Å². The number of hydrogen-bond donors (Lipinski definition) is 7. The lowest BCUT2D eigenvalue weighted by molar-refractivity contribution is 0.0341. The van der Waals surface area contributed by atoms with Crippen LogP contribution in [0.15, 0.2) is 206 Å². The Morgan fingerprint density at radius 2 is 0.882 bits per heavy atom. The van der Waals surface area contributed by atoms with Crippen LogP contribution in [-0.4, -0.2) is 242 Å². The van der Waals surface area contributed by atoms with Gasteiger partial charge in [-0.1, -0.05) is 107 Å². The van der Waals surface area contributed by atoms with Gasteiger partial charge in [0.15, 0.2) is 38.8 Å². The smallest absolute Gasteiger partial charge is 0.243 e. The molecule has 4 aliphatic heterocycles. The summed E-state index contributed by atoms with van der Waals surface area (Å²) in [6.45, 7) is 27.6. The highest BCUT2D eigenvalue weighted by Gasteiger charge is 2.30. The van der Waals surface area contributed by atoms with E-state index in [1.807, 2.05) is 115 Å². The summed E-state index contributed by atoms with van der Waals surface area (Å²) in [4.78, 5) is 47.3. The summed E-state index contributed by atoms with van der Waals surface area (Å²) < 4.78 is 102. The minimum Gasteiger partial charge on any atom is -0.495 e. The van der Waals surface area contributed by atoms with Gasteiger partial charge >= 0.3 is 0 Å². The second kappa shape index (κ2) is 47.3.